The molecule has 3 nitrogen and oxygen atoms in total. The Bertz CT molecular complexity index is 1240. The summed E-state index contributed by atoms with van der Waals surface area (Å²) in [5, 5.41) is 0. The molecule has 1 amide bonds. The van der Waals surface area contributed by atoms with Crippen LogP contribution < -0.4 is 4.80 Å². The molecule has 29 heavy (non-hydrogen) atoms. The van der Waals surface area contributed by atoms with Crippen molar-refractivity contribution in [2.45, 2.75) is 13.8 Å². The summed E-state index contributed by atoms with van der Waals surface area (Å²) in [7, 11) is 1.98. The molecule has 0 aliphatic rings. The van der Waals surface area contributed by atoms with Gasteiger partial charge in [-0.3, -0.25) is 4.79 Å². The van der Waals surface area contributed by atoms with Gasteiger partial charge < -0.3 is 4.57 Å². The summed E-state index contributed by atoms with van der Waals surface area (Å²) >= 11 is 1.54. The lowest BCUT2D eigenvalue weighted by atomic mass is 10.0. The van der Waals surface area contributed by atoms with Gasteiger partial charge in [0, 0.05) is 12.6 Å². The van der Waals surface area contributed by atoms with E-state index in [2.05, 4.69) is 49.2 Å². The Morgan fingerprint density at radius 2 is 1.48 bits per heavy atom. The molecular formula is C25H22N2OS. The fraction of sp³-hybridized carbons (Fsp3) is 0.120. The second kappa shape index (κ2) is 8.02. The number of benzene rings is 3. The first kappa shape index (κ1) is 19.1. The molecule has 0 bridgehead atoms. The number of carbonyl (C=O) groups excluding carboxylic acids is 1. The predicted octanol–water partition coefficient (Wildman–Crippen LogP) is 5.78. The summed E-state index contributed by atoms with van der Waals surface area (Å²) in [6.07, 6.45) is 0. The number of hydrogen-bond donors (Lipinski definition) is 0. The van der Waals surface area contributed by atoms with E-state index in [4.69, 9.17) is 0 Å². The number of hydrogen-bond acceptors (Lipinski definition) is 2. The Balaban J connectivity index is 1.93. The normalized spacial score (nSPS) is 11.6. The minimum Gasteiger partial charge on any atom is -0.319 e. The lowest BCUT2D eigenvalue weighted by molar-refractivity contribution is 0.0998. The van der Waals surface area contributed by atoms with Gasteiger partial charge in [-0.25, -0.2) is 0 Å². The number of thiazole rings is 1. The van der Waals surface area contributed by atoms with E-state index in [0.717, 1.165) is 21.7 Å². The third kappa shape index (κ3) is 3.84. The number of aromatic nitrogens is 1. The minimum atomic E-state index is -0.228. The van der Waals surface area contributed by atoms with Crippen LogP contribution in [0.5, 0.6) is 0 Å². The summed E-state index contributed by atoms with van der Waals surface area (Å²) in [6, 6.07) is 25.9. The molecule has 3 aromatic carbocycles. The zero-order chi connectivity index (χ0) is 20.4. The molecule has 1 aromatic heterocycles. The molecule has 0 radical (unpaired) electrons. The van der Waals surface area contributed by atoms with E-state index < -0.39 is 0 Å². The maximum Gasteiger partial charge on any atom is 0.279 e. The third-order valence-electron chi connectivity index (χ3n) is 5.07. The topological polar surface area (TPSA) is 34.4 Å². The zero-order valence-corrected chi connectivity index (χ0v) is 17.5. The molecule has 0 fully saturated rings. The van der Waals surface area contributed by atoms with E-state index in [1.807, 2.05) is 48.0 Å². The van der Waals surface area contributed by atoms with Crippen LogP contribution in [-0.4, -0.2) is 10.5 Å². The van der Waals surface area contributed by atoms with Gasteiger partial charge in [0.2, 0.25) is 0 Å². The minimum absolute atomic E-state index is 0.228. The van der Waals surface area contributed by atoms with E-state index in [0.29, 0.717) is 10.4 Å². The smallest absolute Gasteiger partial charge is 0.279 e. The standard InChI is InChI=1S/C25H22N2OS/c1-17-14-15-21(16-18(17)2)22-23(19-10-6-4-7-11-19)29-25(27(22)3)26-24(28)20-12-8-5-9-13-20/h4-16H,1-3H3. The molecule has 0 spiro atoms. The lowest BCUT2D eigenvalue weighted by Crippen LogP contribution is -2.14. The summed E-state index contributed by atoms with van der Waals surface area (Å²) in [6.45, 7) is 4.24. The van der Waals surface area contributed by atoms with Crippen LogP contribution in [0.4, 0.5) is 0 Å². The average Bonchev–Trinajstić information content (AvgIpc) is 3.07. The summed E-state index contributed by atoms with van der Waals surface area (Å²) in [5.74, 6) is -0.228. The fourth-order valence-corrected chi connectivity index (χ4v) is 4.43. The highest BCUT2D eigenvalue weighted by Gasteiger charge is 2.16. The highest BCUT2D eigenvalue weighted by atomic mass is 32.1. The third-order valence-corrected chi connectivity index (χ3v) is 6.25. The molecule has 0 unspecified atom stereocenters. The fourth-order valence-electron chi connectivity index (χ4n) is 3.28. The molecule has 0 aliphatic heterocycles. The SMILES string of the molecule is Cc1ccc(-c2c(-c3ccccc3)sc(=NC(=O)c3ccccc3)n2C)cc1C. The van der Waals surface area contributed by atoms with E-state index in [9.17, 15) is 4.79 Å². The molecule has 4 heteroatoms. The van der Waals surface area contributed by atoms with Gasteiger partial charge in [-0.05, 0) is 54.3 Å². The lowest BCUT2D eigenvalue weighted by Gasteiger charge is -2.09. The van der Waals surface area contributed by atoms with Crippen LogP contribution in [0.15, 0.2) is 83.9 Å². The van der Waals surface area contributed by atoms with Crippen molar-refractivity contribution in [1.82, 2.24) is 4.57 Å². The van der Waals surface area contributed by atoms with Crippen LogP contribution in [-0.2, 0) is 7.05 Å². The molecule has 0 atom stereocenters. The first-order valence-corrected chi connectivity index (χ1v) is 10.3. The van der Waals surface area contributed by atoms with E-state index in [1.54, 1.807) is 23.5 Å². The van der Waals surface area contributed by atoms with Crippen molar-refractivity contribution in [1.29, 1.82) is 0 Å². The second-order valence-electron chi connectivity index (χ2n) is 7.07. The van der Waals surface area contributed by atoms with Crippen molar-refractivity contribution in [3.05, 3.63) is 100 Å². The Kier molecular flexibility index (Phi) is 5.28. The largest absolute Gasteiger partial charge is 0.319 e. The van der Waals surface area contributed by atoms with Crippen molar-refractivity contribution < 1.29 is 4.79 Å². The maximum atomic E-state index is 12.7. The monoisotopic (exact) mass is 398 g/mol. The molecule has 0 aliphatic carbocycles. The zero-order valence-electron chi connectivity index (χ0n) is 16.7. The predicted molar refractivity (Wildman–Crippen MR) is 120 cm³/mol. The highest BCUT2D eigenvalue weighted by molar-refractivity contribution is 7.13. The first-order valence-electron chi connectivity index (χ1n) is 9.51. The summed E-state index contributed by atoms with van der Waals surface area (Å²) in [4.78, 5) is 18.9. The van der Waals surface area contributed by atoms with Gasteiger partial charge in [-0.2, -0.15) is 4.99 Å². The molecular weight excluding hydrogens is 376 g/mol. The van der Waals surface area contributed by atoms with Crippen LogP contribution in [0.3, 0.4) is 0 Å². The van der Waals surface area contributed by atoms with Gasteiger partial charge in [0.15, 0.2) is 4.80 Å². The molecule has 1 heterocycles. The Hall–Kier alpha value is -3.24. The van der Waals surface area contributed by atoms with E-state index in [-0.39, 0.29) is 5.91 Å². The number of aryl methyl sites for hydroxylation is 2. The number of nitrogens with zero attached hydrogens (tertiary/aromatic N) is 2. The Morgan fingerprint density at radius 1 is 0.828 bits per heavy atom. The van der Waals surface area contributed by atoms with Gasteiger partial charge in [-0.15, -0.1) is 0 Å². The maximum absolute atomic E-state index is 12.7. The van der Waals surface area contributed by atoms with Gasteiger partial charge in [0.25, 0.3) is 5.91 Å². The van der Waals surface area contributed by atoms with Crippen molar-refractivity contribution in [3.8, 4) is 21.7 Å². The highest BCUT2D eigenvalue weighted by Crippen LogP contribution is 2.34. The molecule has 0 saturated carbocycles. The van der Waals surface area contributed by atoms with E-state index >= 15 is 0 Å². The summed E-state index contributed by atoms with van der Waals surface area (Å²) < 4.78 is 2.03. The molecule has 0 N–H and O–H groups in total. The van der Waals surface area contributed by atoms with Crippen molar-refractivity contribution >= 4 is 17.2 Å². The molecule has 144 valence electrons. The van der Waals surface area contributed by atoms with Gasteiger partial charge in [0.05, 0.1) is 10.6 Å². The first-order chi connectivity index (χ1) is 14.0. The Labute approximate surface area is 174 Å². The quantitative estimate of drug-likeness (QED) is 0.431. The van der Waals surface area contributed by atoms with Gasteiger partial charge in [0.1, 0.15) is 0 Å². The van der Waals surface area contributed by atoms with Crippen molar-refractivity contribution in [3.63, 3.8) is 0 Å². The van der Waals surface area contributed by atoms with Gasteiger partial charge >= 0.3 is 0 Å². The number of amides is 1. The van der Waals surface area contributed by atoms with Gasteiger partial charge in [-0.1, -0.05) is 72.0 Å². The number of carbonyl (C=O) groups is 1. The van der Waals surface area contributed by atoms with Crippen LogP contribution in [0.25, 0.3) is 21.7 Å². The van der Waals surface area contributed by atoms with Crippen LogP contribution in [0.1, 0.15) is 21.5 Å². The average molecular weight is 399 g/mol. The molecule has 4 aromatic rings. The van der Waals surface area contributed by atoms with Crippen molar-refractivity contribution in [2.24, 2.45) is 12.0 Å². The van der Waals surface area contributed by atoms with Crippen LogP contribution in [0, 0.1) is 13.8 Å². The van der Waals surface area contributed by atoms with Crippen molar-refractivity contribution in [2.75, 3.05) is 0 Å². The van der Waals surface area contributed by atoms with Crippen LogP contribution >= 0.6 is 11.3 Å². The Morgan fingerprint density at radius 3 is 2.14 bits per heavy atom. The molecule has 4 rings (SSSR count). The molecule has 0 saturated heterocycles. The summed E-state index contributed by atoms with van der Waals surface area (Å²) in [5.41, 5.74) is 6.41. The number of rotatable bonds is 3. The van der Waals surface area contributed by atoms with E-state index in [1.165, 1.54) is 11.1 Å². The van der Waals surface area contributed by atoms with Crippen LogP contribution in [0.2, 0.25) is 0 Å². The second-order valence-corrected chi connectivity index (χ2v) is 8.05.